The second kappa shape index (κ2) is 6.66. The van der Waals surface area contributed by atoms with E-state index < -0.39 is 0 Å². The Bertz CT molecular complexity index is 997. The Labute approximate surface area is 152 Å². The molecular weight excluding hydrogens is 328 g/mol. The largest absolute Gasteiger partial charge is 0.305 e. The standard InChI is InChI=1S/C19H24N6O/c1-13-4-5-14(12-25-8-6-23(2)7-9-25)10-15(13)18-21-16-11-20-24(3)17(16)19(26)22-18/h4-5,10-11H,6-9,12H2,1-3H3,(H,21,22,26). The number of aromatic nitrogens is 4. The number of fused-ring (bicyclic) bond motifs is 1. The minimum atomic E-state index is -0.158. The molecule has 4 rings (SSSR count). The molecule has 1 aliphatic heterocycles. The molecule has 0 aliphatic carbocycles. The number of rotatable bonds is 3. The lowest BCUT2D eigenvalue weighted by atomic mass is 10.0. The SMILES string of the molecule is Cc1ccc(CN2CCN(C)CC2)cc1-c1nc2cnn(C)c2c(=O)[nH]1. The van der Waals surface area contributed by atoms with Gasteiger partial charge in [0.25, 0.3) is 5.56 Å². The van der Waals surface area contributed by atoms with Crippen molar-refractivity contribution in [2.45, 2.75) is 13.5 Å². The topological polar surface area (TPSA) is 70.1 Å². The maximum atomic E-state index is 12.4. The van der Waals surface area contributed by atoms with Crippen molar-refractivity contribution < 1.29 is 0 Å². The summed E-state index contributed by atoms with van der Waals surface area (Å²) >= 11 is 0. The van der Waals surface area contributed by atoms with Crippen molar-refractivity contribution >= 4 is 11.0 Å². The van der Waals surface area contributed by atoms with E-state index in [1.807, 2.05) is 6.92 Å². The average Bonchev–Trinajstić information content (AvgIpc) is 3.00. The van der Waals surface area contributed by atoms with E-state index in [1.54, 1.807) is 17.9 Å². The first kappa shape index (κ1) is 16.9. The number of benzene rings is 1. The Hall–Kier alpha value is -2.51. The minimum absolute atomic E-state index is 0.158. The Balaban J connectivity index is 1.67. The number of likely N-dealkylation sites (N-methyl/N-ethyl adjacent to an activating group) is 1. The highest BCUT2D eigenvalue weighted by atomic mass is 16.1. The molecule has 0 atom stereocenters. The highest BCUT2D eigenvalue weighted by molar-refractivity contribution is 5.76. The van der Waals surface area contributed by atoms with E-state index in [9.17, 15) is 4.79 Å². The smallest absolute Gasteiger partial charge is 0.277 e. The van der Waals surface area contributed by atoms with Crippen molar-refractivity contribution in [1.29, 1.82) is 0 Å². The molecule has 3 heterocycles. The van der Waals surface area contributed by atoms with Crippen molar-refractivity contribution in [3.8, 4) is 11.4 Å². The van der Waals surface area contributed by atoms with Crippen LogP contribution in [0.5, 0.6) is 0 Å². The second-order valence-electron chi connectivity index (χ2n) is 7.15. The Kier molecular flexibility index (Phi) is 4.34. The highest BCUT2D eigenvalue weighted by Gasteiger charge is 2.16. The van der Waals surface area contributed by atoms with Gasteiger partial charge in [0.1, 0.15) is 11.3 Å². The van der Waals surface area contributed by atoms with E-state index in [1.165, 1.54) is 5.56 Å². The first-order chi connectivity index (χ1) is 12.5. The van der Waals surface area contributed by atoms with Gasteiger partial charge in [0.05, 0.1) is 6.20 Å². The molecule has 7 heteroatoms. The van der Waals surface area contributed by atoms with Crippen LogP contribution >= 0.6 is 0 Å². The molecule has 0 spiro atoms. The summed E-state index contributed by atoms with van der Waals surface area (Å²) in [5.74, 6) is 0.605. The monoisotopic (exact) mass is 352 g/mol. The van der Waals surface area contributed by atoms with Gasteiger partial charge in [-0.2, -0.15) is 5.10 Å². The Morgan fingerprint density at radius 1 is 1.15 bits per heavy atom. The Morgan fingerprint density at radius 3 is 2.69 bits per heavy atom. The third-order valence-electron chi connectivity index (χ3n) is 5.16. The lowest BCUT2D eigenvalue weighted by molar-refractivity contribution is 0.148. The summed E-state index contributed by atoms with van der Waals surface area (Å²) in [5, 5.41) is 4.14. The van der Waals surface area contributed by atoms with Gasteiger partial charge < -0.3 is 9.88 Å². The molecule has 136 valence electrons. The zero-order valence-corrected chi connectivity index (χ0v) is 15.5. The lowest BCUT2D eigenvalue weighted by Crippen LogP contribution is -2.43. The van der Waals surface area contributed by atoms with Gasteiger partial charge >= 0.3 is 0 Å². The summed E-state index contributed by atoms with van der Waals surface area (Å²) in [5.41, 5.74) is 4.27. The number of piperazine rings is 1. The molecule has 1 N–H and O–H groups in total. The molecule has 26 heavy (non-hydrogen) atoms. The van der Waals surface area contributed by atoms with Gasteiger partial charge in [-0.3, -0.25) is 14.4 Å². The van der Waals surface area contributed by atoms with Crippen LogP contribution < -0.4 is 5.56 Å². The van der Waals surface area contributed by atoms with Crippen LogP contribution in [0.1, 0.15) is 11.1 Å². The molecule has 1 saturated heterocycles. The van der Waals surface area contributed by atoms with Gasteiger partial charge in [-0.1, -0.05) is 12.1 Å². The van der Waals surface area contributed by atoms with Gasteiger partial charge in [-0.15, -0.1) is 0 Å². The summed E-state index contributed by atoms with van der Waals surface area (Å²) in [7, 11) is 3.92. The molecule has 1 aliphatic rings. The van der Waals surface area contributed by atoms with Crippen LogP contribution in [0.4, 0.5) is 0 Å². The second-order valence-corrected chi connectivity index (χ2v) is 7.15. The van der Waals surface area contributed by atoms with Crippen LogP contribution in [0, 0.1) is 6.92 Å². The van der Waals surface area contributed by atoms with Crippen molar-refractivity contribution in [3.63, 3.8) is 0 Å². The van der Waals surface area contributed by atoms with Gasteiger partial charge in [-0.05, 0) is 31.2 Å². The number of H-pyrrole nitrogens is 1. The number of aromatic amines is 1. The first-order valence-corrected chi connectivity index (χ1v) is 8.94. The van der Waals surface area contributed by atoms with Gasteiger partial charge in [0, 0.05) is 45.3 Å². The van der Waals surface area contributed by atoms with E-state index in [-0.39, 0.29) is 5.56 Å². The fraction of sp³-hybridized carbons (Fsp3) is 0.421. The number of nitrogens with zero attached hydrogens (tertiary/aromatic N) is 5. The van der Waals surface area contributed by atoms with Crippen LogP contribution in [0.3, 0.4) is 0 Å². The molecule has 1 aromatic carbocycles. The molecule has 7 nitrogen and oxygen atoms in total. The van der Waals surface area contributed by atoms with Crippen LogP contribution in [-0.2, 0) is 13.6 Å². The van der Waals surface area contributed by atoms with Crippen LogP contribution in [0.15, 0.2) is 29.2 Å². The molecular formula is C19H24N6O. The van der Waals surface area contributed by atoms with Crippen molar-refractivity contribution in [2.24, 2.45) is 7.05 Å². The Morgan fingerprint density at radius 2 is 1.92 bits per heavy atom. The third kappa shape index (κ3) is 3.15. The zero-order chi connectivity index (χ0) is 18.3. The number of hydrogen-bond donors (Lipinski definition) is 1. The average molecular weight is 352 g/mol. The molecule has 1 fully saturated rings. The van der Waals surface area contributed by atoms with Gasteiger partial charge in [0.15, 0.2) is 5.52 Å². The van der Waals surface area contributed by atoms with E-state index >= 15 is 0 Å². The third-order valence-corrected chi connectivity index (χ3v) is 5.16. The molecule has 0 radical (unpaired) electrons. The van der Waals surface area contributed by atoms with Gasteiger partial charge in [-0.25, -0.2) is 4.98 Å². The summed E-state index contributed by atoms with van der Waals surface area (Å²) in [6.07, 6.45) is 1.64. The van der Waals surface area contributed by atoms with Crippen LogP contribution in [0.25, 0.3) is 22.4 Å². The lowest BCUT2D eigenvalue weighted by Gasteiger charge is -2.32. The summed E-state index contributed by atoms with van der Waals surface area (Å²) in [6, 6.07) is 6.42. The molecule has 3 aromatic rings. The van der Waals surface area contributed by atoms with Crippen molar-refractivity contribution in [3.05, 3.63) is 45.9 Å². The molecule has 2 aromatic heterocycles. The van der Waals surface area contributed by atoms with Crippen molar-refractivity contribution in [2.75, 3.05) is 33.2 Å². The van der Waals surface area contributed by atoms with Crippen LogP contribution in [-0.4, -0.2) is 62.8 Å². The molecule has 0 amide bonds. The van der Waals surface area contributed by atoms with Crippen molar-refractivity contribution in [1.82, 2.24) is 29.5 Å². The summed E-state index contributed by atoms with van der Waals surface area (Å²) < 4.78 is 1.56. The summed E-state index contributed by atoms with van der Waals surface area (Å²) in [4.78, 5) is 24.8. The molecule has 0 bridgehead atoms. The van der Waals surface area contributed by atoms with E-state index in [0.29, 0.717) is 16.9 Å². The molecule has 0 saturated carbocycles. The molecule has 0 unspecified atom stereocenters. The fourth-order valence-electron chi connectivity index (χ4n) is 3.50. The maximum Gasteiger partial charge on any atom is 0.277 e. The predicted molar refractivity (Wildman–Crippen MR) is 102 cm³/mol. The van der Waals surface area contributed by atoms with E-state index in [4.69, 9.17) is 0 Å². The zero-order valence-electron chi connectivity index (χ0n) is 15.5. The number of hydrogen-bond acceptors (Lipinski definition) is 5. The minimum Gasteiger partial charge on any atom is -0.305 e. The quantitative estimate of drug-likeness (QED) is 0.771. The van der Waals surface area contributed by atoms with Crippen LogP contribution in [0.2, 0.25) is 0 Å². The fourth-order valence-corrected chi connectivity index (χ4v) is 3.50. The summed E-state index contributed by atoms with van der Waals surface area (Å²) in [6.45, 7) is 7.33. The van der Waals surface area contributed by atoms with Gasteiger partial charge in [0.2, 0.25) is 0 Å². The van der Waals surface area contributed by atoms with E-state index in [0.717, 1.165) is 43.9 Å². The highest BCUT2D eigenvalue weighted by Crippen LogP contribution is 2.23. The number of nitrogens with one attached hydrogen (secondary N) is 1. The number of aryl methyl sites for hydroxylation is 2. The normalized spacial score (nSPS) is 16.4. The first-order valence-electron chi connectivity index (χ1n) is 8.94. The van der Waals surface area contributed by atoms with E-state index in [2.05, 4.69) is 50.1 Å². The predicted octanol–water partition coefficient (Wildman–Crippen LogP) is 1.38. The maximum absolute atomic E-state index is 12.4.